The number of carbonyl (C=O) groups is 2. The van der Waals surface area contributed by atoms with E-state index in [9.17, 15) is 19.5 Å². The first kappa shape index (κ1) is 18.5. The quantitative estimate of drug-likeness (QED) is 0.587. The lowest BCUT2D eigenvalue weighted by molar-refractivity contribution is -0.305. The van der Waals surface area contributed by atoms with E-state index in [1.165, 1.54) is 0 Å². The standard InChI is InChI=1S/C18H21NO6/c1-10-11(2)18(23)25-15-9-13(6-7-14(10)15)24-12(3)17(22)19-8-4-5-16(20)21/h6-7,9,12H,4-5,8H2,1-3H3,(H,19,22)(H,20,21)/p-1/t12-/m0/s1. The van der Waals surface area contributed by atoms with Crippen molar-refractivity contribution in [1.29, 1.82) is 0 Å². The molecule has 1 N–H and O–H groups in total. The molecule has 0 saturated carbocycles. The molecule has 0 fully saturated rings. The van der Waals surface area contributed by atoms with Gasteiger partial charge in [0, 0.05) is 29.5 Å². The van der Waals surface area contributed by atoms with Crippen molar-refractivity contribution in [3.05, 3.63) is 39.7 Å². The van der Waals surface area contributed by atoms with E-state index in [1.54, 1.807) is 32.0 Å². The molecule has 0 unspecified atom stereocenters. The highest BCUT2D eigenvalue weighted by Gasteiger charge is 2.15. The molecule has 1 aromatic carbocycles. The first-order chi connectivity index (χ1) is 11.8. The third-order valence-electron chi connectivity index (χ3n) is 3.97. The van der Waals surface area contributed by atoms with Crippen LogP contribution >= 0.6 is 0 Å². The Morgan fingerprint density at radius 2 is 2.00 bits per heavy atom. The molecule has 0 aliphatic heterocycles. The number of hydrogen-bond acceptors (Lipinski definition) is 6. The molecule has 1 aromatic heterocycles. The first-order valence-corrected chi connectivity index (χ1v) is 7.98. The third-order valence-corrected chi connectivity index (χ3v) is 3.97. The number of carbonyl (C=O) groups excluding carboxylic acids is 2. The van der Waals surface area contributed by atoms with Crippen LogP contribution in [0.2, 0.25) is 0 Å². The molecular weight excluding hydrogens is 326 g/mol. The van der Waals surface area contributed by atoms with Gasteiger partial charge in [0.25, 0.3) is 5.91 Å². The van der Waals surface area contributed by atoms with Crippen LogP contribution in [0.3, 0.4) is 0 Å². The van der Waals surface area contributed by atoms with Crippen molar-refractivity contribution in [2.45, 2.75) is 39.7 Å². The van der Waals surface area contributed by atoms with E-state index >= 15 is 0 Å². The Kier molecular flexibility index (Phi) is 5.80. The SMILES string of the molecule is Cc1c(C)c2ccc(O[C@@H](C)C(=O)NCCCC(=O)[O-])cc2oc1=O. The van der Waals surface area contributed by atoms with Gasteiger partial charge in [0.2, 0.25) is 0 Å². The van der Waals surface area contributed by atoms with E-state index in [2.05, 4.69) is 5.32 Å². The highest BCUT2D eigenvalue weighted by atomic mass is 16.5. The fraction of sp³-hybridized carbons (Fsp3) is 0.389. The van der Waals surface area contributed by atoms with Gasteiger partial charge >= 0.3 is 5.63 Å². The molecule has 0 radical (unpaired) electrons. The third kappa shape index (κ3) is 4.59. The number of hydrogen-bond donors (Lipinski definition) is 1. The maximum Gasteiger partial charge on any atom is 0.339 e. The highest BCUT2D eigenvalue weighted by Crippen LogP contribution is 2.24. The Bertz CT molecular complexity index is 855. The predicted octanol–water partition coefficient (Wildman–Crippen LogP) is 0.823. The van der Waals surface area contributed by atoms with Gasteiger partial charge in [-0.3, -0.25) is 4.79 Å². The molecule has 2 aromatic rings. The first-order valence-electron chi connectivity index (χ1n) is 7.98. The lowest BCUT2D eigenvalue weighted by Gasteiger charge is -2.15. The van der Waals surface area contributed by atoms with E-state index < -0.39 is 17.7 Å². The van der Waals surface area contributed by atoms with E-state index in [-0.39, 0.29) is 18.9 Å². The summed E-state index contributed by atoms with van der Waals surface area (Å²) in [5.41, 5.74) is 1.40. The Hall–Kier alpha value is -2.83. The van der Waals surface area contributed by atoms with Crippen LogP contribution in [0, 0.1) is 13.8 Å². The van der Waals surface area contributed by atoms with E-state index in [4.69, 9.17) is 9.15 Å². The Morgan fingerprint density at radius 1 is 1.28 bits per heavy atom. The average Bonchev–Trinajstić information content (AvgIpc) is 2.56. The number of carboxylic acids is 1. The van der Waals surface area contributed by atoms with Gasteiger partial charge in [0.15, 0.2) is 6.10 Å². The topological polar surface area (TPSA) is 109 Å². The lowest BCUT2D eigenvalue weighted by atomic mass is 10.1. The number of amides is 1. The molecule has 0 aliphatic rings. The number of benzene rings is 1. The molecule has 7 heteroatoms. The van der Waals surface area contributed by atoms with Crippen LogP contribution in [-0.4, -0.2) is 24.5 Å². The Labute approximate surface area is 144 Å². The van der Waals surface area contributed by atoms with Gasteiger partial charge in [0.05, 0.1) is 0 Å². The normalized spacial score (nSPS) is 12.0. The molecule has 134 valence electrons. The van der Waals surface area contributed by atoms with Crippen LogP contribution in [0.25, 0.3) is 11.0 Å². The molecule has 0 spiro atoms. The number of carboxylic acid groups (broad SMARTS) is 1. The summed E-state index contributed by atoms with van der Waals surface area (Å²) < 4.78 is 10.8. The molecule has 25 heavy (non-hydrogen) atoms. The van der Waals surface area contributed by atoms with Crippen LogP contribution in [0.15, 0.2) is 27.4 Å². The lowest BCUT2D eigenvalue weighted by Crippen LogP contribution is -2.37. The zero-order valence-electron chi connectivity index (χ0n) is 14.4. The van der Waals surface area contributed by atoms with Crippen LogP contribution in [0.5, 0.6) is 5.75 Å². The second-order valence-electron chi connectivity index (χ2n) is 5.82. The summed E-state index contributed by atoms with van der Waals surface area (Å²) in [6.45, 7) is 5.36. The molecular formula is C18H20NO6-. The number of aliphatic carboxylic acids is 1. The van der Waals surface area contributed by atoms with Crippen molar-refractivity contribution in [1.82, 2.24) is 5.32 Å². The number of fused-ring (bicyclic) bond motifs is 1. The summed E-state index contributed by atoms with van der Waals surface area (Å²) in [4.78, 5) is 34.0. The number of nitrogens with one attached hydrogen (secondary N) is 1. The average molecular weight is 346 g/mol. The predicted molar refractivity (Wildman–Crippen MR) is 89.3 cm³/mol. The summed E-state index contributed by atoms with van der Waals surface area (Å²) in [5.74, 6) is -1.11. The van der Waals surface area contributed by atoms with Gasteiger partial charge in [-0.1, -0.05) is 0 Å². The largest absolute Gasteiger partial charge is 0.550 e. The molecule has 1 heterocycles. The maximum absolute atomic E-state index is 11.9. The molecule has 0 bridgehead atoms. The zero-order valence-corrected chi connectivity index (χ0v) is 14.4. The minimum atomic E-state index is -1.15. The summed E-state index contributed by atoms with van der Waals surface area (Å²) >= 11 is 0. The van der Waals surface area contributed by atoms with Gasteiger partial charge in [-0.2, -0.15) is 0 Å². The Morgan fingerprint density at radius 3 is 2.68 bits per heavy atom. The minimum absolute atomic E-state index is 0.113. The minimum Gasteiger partial charge on any atom is -0.550 e. The van der Waals surface area contributed by atoms with Crippen LogP contribution in [0.1, 0.15) is 30.9 Å². The fourth-order valence-corrected chi connectivity index (χ4v) is 2.35. The van der Waals surface area contributed by atoms with Crippen molar-refractivity contribution in [2.24, 2.45) is 0 Å². The van der Waals surface area contributed by atoms with E-state index in [0.29, 0.717) is 23.3 Å². The Balaban J connectivity index is 2.04. The second-order valence-corrected chi connectivity index (χ2v) is 5.82. The highest BCUT2D eigenvalue weighted by molar-refractivity contribution is 5.83. The smallest absolute Gasteiger partial charge is 0.339 e. The molecule has 1 amide bonds. The summed E-state index contributed by atoms with van der Waals surface area (Å²) in [5, 5.41) is 13.7. The molecule has 2 rings (SSSR count). The van der Waals surface area contributed by atoms with Crippen LogP contribution < -0.4 is 20.8 Å². The van der Waals surface area contributed by atoms with Crippen molar-refractivity contribution in [2.75, 3.05) is 6.54 Å². The van der Waals surface area contributed by atoms with Gasteiger partial charge < -0.3 is 24.4 Å². The zero-order chi connectivity index (χ0) is 18.6. The summed E-state index contributed by atoms with van der Waals surface area (Å²) in [7, 11) is 0. The molecule has 7 nitrogen and oxygen atoms in total. The van der Waals surface area contributed by atoms with Gasteiger partial charge in [-0.15, -0.1) is 0 Å². The van der Waals surface area contributed by atoms with E-state index in [0.717, 1.165) is 10.9 Å². The molecule has 0 aliphatic carbocycles. The van der Waals surface area contributed by atoms with Gasteiger partial charge in [-0.25, -0.2) is 4.79 Å². The molecule has 1 atom stereocenters. The molecule has 0 saturated heterocycles. The van der Waals surface area contributed by atoms with Crippen molar-refractivity contribution < 1.29 is 23.8 Å². The van der Waals surface area contributed by atoms with Crippen molar-refractivity contribution in [3.8, 4) is 5.75 Å². The monoisotopic (exact) mass is 346 g/mol. The van der Waals surface area contributed by atoms with E-state index in [1.807, 2.05) is 6.92 Å². The van der Waals surface area contributed by atoms with Crippen molar-refractivity contribution in [3.63, 3.8) is 0 Å². The van der Waals surface area contributed by atoms with Crippen LogP contribution in [-0.2, 0) is 9.59 Å². The number of rotatable bonds is 7. The van der Waals surface area contributed by atoms with Gasteiger partial charge in [-0.05, 0) is 51.3 Å². The number of aryl methyl sites for hydroxylation is 1. The number of ether oxygens (including phenoxy) is 1. The second kappa shape index (κ2) is 7.83. The fourth-order valence-electron chi connectivity index (χ4n) is 2.35. The van der Waals surface area contributed by atoms with Crippen molar-refractivity contribution >= 4 is 22.8 Å². The maximum atomic E-state index is 11.9. The van der Waals surface area contributed by atoms with Crippen LogP contribution in [0.4, 0.5) is 0 Å². The summed E-state index contributed by atoms with van der Waals surface area (Å²) in [6, 6.07) is 5.05. The van der Waals surface area contributed by atoms with Gasteiger partial charge in [0.1, 0.15) is 11.3 Å². The summed E-state index contributed by atoms with van der Waals surface area (Å²) in [6.07, 6.45) is -0.600.